The van der Waals surface area contributed by atoms with Crippen LogP contribution in [0.1, 0.15) is 25.1 Å². The van der Waals surface area contributed by atoms with Gasteiger partial charge in [-0.1, -0.05) is 19.9 Å². The minimum Gasteiger partial charge on any atom is -0.333 e. The number of aryl methyl sites for hydroxylation is 1. The molecule has 0 aliphatic carbocycles. The first kappa shape index (κ1) is 16.0. The van der Waals surface area contributed by atoms with E-state index in [9.17, 15) is 9.18 Å². The van der Waals surface area contributed by atoms with E-state index < -0.39 is 11.8 Å². The highest BCUT2D eigenvalue weighted by molar-refractivity contribution is 5.89. The molecule has 0 spiro atoms. The van der Waals surface area contributed by atoms with Crippen LogP contribution in [0, 0.1) is 18.7 Å². The maximum atomic E-state index is 13.6. The van der Waals surface area contributed by atoms with Gasteiger partial charge in [0.2, 0.25) is 0 Å². The molecule has 0 atom stereocenters. The van der Waals surface area contributed by atoms with Crippen molar-refractivity contribution in [2.75, 3.05) is 5.32 Å². The van der Waals surface area contributed by atoms with Gasteiger partial charge in [0.1, 0.15) is 5.82 Å². The standard InChI is InChI=1S/C16H21FN4O/c1-11(2)9-21-10-18-7-13(21)8-19-16(22)20-15-6-12(3)4-5-14(15)17/h4-7,10-11H,8-9H2,1-3H3,(H2,19,20,22). The highest BCUT2D eigenvalue weighted by Crippen LogP contribution is 2.15. The first-order valence-corrected chi connectivity index (χ1v) is 7.25. The Morgan fingerprint density at radius 2 is 2.18 bits per heavy atom. The van der Waals surface area contributed by atoms with E-state index in [2.05, 4.69) is 29.5 Å². The van der Waals surface area contributed by atoms with Crippen LogP contribution in [0.2, 0.25) is 0 Å². The summed E-state index contributed by atoms with van der Waals surface area (Å²) >= 11 is 0. The molecule has 1 aromatic heterocycles. The zero-order chi connectivity index (χ0) is 16.1. The normalized spacial score (nSPS) is 10.8. The van der Waals surface area contributed by atoms with Crippen molar-refractivity contribution >= 4 is 11.7 Å². The fourth-order valence-corrected chi connectivity index (χ4v) is 2.13. The van der Waals surface area contributed by atoms with Crippen LogP contribution in [-0.4, -0.2) is 15.6 Å². The predicted molar refractivity (Wildman–Crippen MR) is 84.1 cm³/mol. The maximum absolute atomic E-state index is 13.6. The molecule has 0 bridgehead atoms. The van der Waals surface area contributed by atoms with Crippen molar-refractivity contribution in [1.82, 2.24) is 14.9 Å². The van der Waals surface area contributed by atoms with Gasteiger partial charge in [-0.2, -0.15) is 0 Å². The Morgan fingerprint density at radius 3 is 2.91 bits per heavy atom. The zero-order valence-electron chi connectivity index (χ0n) is 13.1. The van der Waals surface area contributed by atoms with Crippen molar-refractivity contribution in [3.05, 3.63) is 47.8 Å². The highest BCUT2D eigenvalue weighted by atomic mass is 19.1. The lowest BCUT2D eigenvalue weighted by atomic mass is 10.2. The summed E-state index contributed by atoms with van der Waals surface area (Å²) in [7, 11) is 0. The monoisotopic (exact) mass is 304 g/mol. The number of rotatable bonds is 5. The summed E-state index contributed by atoms with van der Waals surface area (Å²) in [5, 5.41) is 5.24. The van der Waals surface area contributed by atoms with Crippen LogP contribution in [0.4, 0.5) is 14.9 Å². The van der Waals surface area contributed by atoms with Gasteiger partial charge < -0.3 is 15.2 Å². The summed E-state index contributed by atoms with van der Waals surface area (Å²) < 4.78 is 15.6. The van der Waals surface area contributed by atoms with E-state index in [1.165, 1.54) is 6.07 Å². The molecule has 0 radical (unpaired) electrons. The molecule has 2 aromatic rings. The van der Waals surface area contributed by atoms with E-state index in [1.807, 2.05) is 11.5 Å². The molecule has 5 nitrogen and oxygen atoms in total. The molecule has 6 heteroatoms. The third-order valence-corrected chi connectivity index (χ3v) is 3.16. The SMILES string of the molecule is Cc1ccc(F)c(NC(=O)NCc2cncn2CC(C)C)c1. The second-order valence-corrected chi connectivity index (χ2v) is 5.72. The molecule has 118 valence electrons. The first-order valence-electron chi connectivity index (χ1n) is 7.25. The first-order chi connectivity index (χ1) is 10.5. The van der Waals surface area contributed by atoms with Crippen molar-refractivity contribution in [2.24, 2.45) is 5.92 Å². The quantitative estimate of drug-likeness (QED) is 0.890. The highest BCUT2D eigenvalue weighted by Gasteiger charge is 2.09. The zero-order valence-corrected chi connectivity index (χ0v) is 13.1. The molecule has 0 saturated carbocycles. The summed E-state index contributed by atoms with van der Waals surface area (Å²) in [6, 6.07) is 4.14. The molecule has 2 amide bonds. The van der Waals surface area contributed by atoms with Crippen molar-refractivity contribution in [2.45, 2.75) is 33.9 Å². The molecule has 0 fully saturated rings. The molecule has 2 rings (SSSR count). The summed E-state index contributed by atoms with van der Waals surface area (Å²) in [6.07, 6.45) is 3.46. The molecule has 0 aliphatic rings. The molecule has 0 aliphatic heterocycles. The van der Waals surface area contributed by atoms with Crippen LogP contribution >= 0.6 is 0 Å². The van der Waals surface area contributed by atoms with Gasteiger partial charge in [-0.15, -0.1) is 0 Å². The lowest BCUT2D eigenvalue weighted by molar-refractivity contribution is 0.251. The summed E-state index contributed by atoms with van der Waals surface area (Å²) in [5.41, 5.74) is 1.97. The van der Waals surface area contributed by atoms with E-state index in [0.717, 1.165) is 17.8 Å². The van der Waals surface area contributed by atoms with E-state index in [1.54, 1.807) is 24.7 Å². The fraction of sp³-hybridized carbons (Fsp3) is 0.375. The van der Waals surface area contributed by atoms with Gasteiger partial charge in [-0.25, -0.2) is 14.2 Å². The number of carbonyl (C=O) groups is 1. The van der Waals surface area contributed by atoms with Gasteiger partial charge in [0.05, 0.1) is 24.3 Å². The van der Waals surface area contributed by atoms with E-state index >= 15 is 0 Å². The summed E-state index contributed by atoms with van der Waals surface area (Å²) in [5.74, 6) is 0.0359. The number of nitrogens with one attached hydrogen (secondary N) is 2. The maximum Gasteiger partial charge on any atom is 0.319 e. The third kappa shape index (κ3) is 4.31. The average Bonchev–Trinajstić information content (AvgIpc) is 2.87. The van der Waals surface area contributed by atoms with Crippen molar-refractivity contribution in [3.63, 3.8) is 0 Å². The minimum atomic E-state index is -0.453. The molecular formula is C16H21FN4O. The Bertz CT molecular complexity index is 651. The van der Waals surface area contributed by atoms with Gasteiger partial charge in [0.15, 0.2) is 0 Å². The number of urea groups is 1. The van der Waals surface area contributed by atoms with Gasteiger partial charge in [0, 0.05) is 12.7 Å². The molecular weight excluding hydrogens is 283 g/mol. The third-order valence-electron chi connectivity index (χ3n) is 3.16. The molecule has 0 unspecified atom stereocenters. The number of imidazole rings is 1. The van der Waals surface area contributed by atoms with Crippen LogP contribution in [0.25, 0.3) is 0 Å². The van der Waals surface area contributed by atoms with Crippen LogP contribution in [-0.2, 0) is 13.1 Å². The van der Waals surface area contributed by atoms with Crippen molar-refractivity contribution in [1.29, 1.82) is 0 Å². The second kappa shape index (κ2) is 7.06. The van der Waals surface area contributed by atoms with Gasteiger partial charge in [-0.05, 0) is 30.5 Å². The Labute approximate surface area is 129 Å². The van der Waals surface area contributed by atoms with E-state index in [-0.39, 0.29) is 5.69 Å². The van der Waals surface area contributed by atoms with Crippen molar-refractivity contribution in [3.8, 4) is 0 Å². The number of carbonyl (C=O) groups excluding carboxylic acids is 1. The van der Waals surface area contributed by atoms with Gasteiger partial charge in [0.25, 0.3) is 0 Å². The lowest BCUT2D eigenvalue weighted by Gasteiger charge is -2.12. The second-order valence-electron chi connectivity index (χ2n) is 5.72. The lowest BCUT2D eigenvalue weighted by Crippen LogP contribution is -2.29. The topological polar surface area (TPSA) is 59.0 Å². The Hall–Kier alpha value is -2.37. The number of benzene rings is 1. The van der Waals surface area contributed by atoms with Crippen LogP contribution in [0.15, 0.2) is 30.7 Å². The largest absolute Gasteiger partial charge is 0.333 e. The minimum absolute atomic E-state index is 0.174. The summed E-state index contributed by atoms with van der Waals surface area (Å²) in [6.45, 7) is 7.25. The molecule has 1 heterocycles. The van der Waals surface area contributed by atoms with Gasteiger partial charge >= 0.3 is 6.03 Å². The Morgan fingerprint density at radius 1 is 1.41 bits per heavy atom. The number of anilines is 1. The van der Waals surface area contributed by atoms with Crippen LogP contribution in [0.3, 0.4) is 0 Å². The Kier molecular flexibility index (Phi) is 5.14. The number of amides is 2. The molecule has 2 N–H and O–H groups in total. The number of halogens is 1. The average molecular weight is 304 g/mol. The summed E-state index contributed by atoms with van der Waals surface area (Å²) in [4.78, 5) is 16.0. The molecule has 22 heavy (non-hydrogen) atoms. The van der Waals surface area contributed by atoms with Crippen LogP contribution < -0.4 is 10.6 Å². The van der Waals surface area contributed by atoms with E-state index in [4.69, 9.17) is 0 Å². The molecule has 0 saturated heterocycles. The van der Waals surface area contributed by atoms with Gasteiger partial charge in [-0.3, -0.25) is 0 Å². The van der Waals surface area contributed by atoms with Crippen molar-refractivity contribution < 1.29 is 9.18 Å². The van der Waals surface area contributed by atoms with Crippen LogP contribution in [0.5, 0.6) is 0 Å². The predicted octanol–water partition coefficient (Wildman–Crippen LogP) is 3.31. The smallest absolute Gasteiger partial charge is 0.319 e. The molecule has 1 aromatic carbocycles. The Balaban J connectivity index is 1.93. The fourth-order valence-electron chi connectivity index (χ4n) is 2.13. The number of nitrogens with zero attached hydrogens (tertiary/aromatic N) is 2. The number of hydrogen-bond donors (Lipinski definition) is 2. The van der Waals surface area contributed by atoms with E-state index in [0.29, 0.717) is 12.5 Å². The number of aromatic nitrogens is 2. The number of hydrogen-bond acceptors (Lipinski definition) is 2.